The lowest BCUT2D eigenvalue weighted by atomic mass is 10.1. The van der Waals surface area contributed by atoms with Gasteiger partial charge < -0.3 is 4.74 Å². The Kier molecular flexibility index (Phi) is 4.12. The second kappa shape index (κ2) is 5.94. The van der Waals surface area contributed by atoms with Crippen LogP contribution in [0.1, 0.15) is 17.2 Å². The number of hydrogen-bond acceptors (Lipinski definition) is 4. The smallest absolute Gasteiger partial charge is 0.205 e. The van der Waals surface area contributed by atoms with Crippen molar-refractivity contribution in [2.45, 2.75) is 23.3 Å². The van der Waals surface area contributed by atoms with E-state index in [2.05, 4.69) is 4.99 Å². The third kappa shape index (κ3) is 2.96. The fourth-order valence-electron chi connectivity index (χ4n) is 2.38. The maximum atomic E-state index is 14.1. The van der Waals surface area contributed by atoms with Crippen molar-refractivity contribution >= 4 is 27.8 Å². The standard InChI is InChI=1S/C16H13ClFNO3S/c1-10-2-5-12(6-3-10)23(20,21)16-15(22-9-19-16)13-7-4-11(17)8-14(13)18/h2-9,15-16H,1H3. The van der Waals surface area contributed by atoms with Gasteiger partial charge in [0.25, 0.3) is 0 Å². The van der Waals surface area contributed by atoms with Crippen LogP contribution in [0.15, 0.2) is 52.4 Å². The lowest BCUT2D eigenvalue weighted by Crippen LogP contribution is -2.25. The molecular formula is C16H13ClFNO3S. The van der Waals surface area contributed by atoms with Crippen molar-refractivity contribution in [3.8, 4) is 0 Å². The number of aryl methyl sites for hydroxylation is 1. The summed E-state index contributed by atoms with van der Waals surface area (Å²) in [6.45, 7) is 1.86. The predicted molar refractivity (Wildman–Crippen MR) is 85.9 cm³/mol. The quantitative estimate of drug-likeness (QED) is 0.845. The molecule has 0 radical (unpaired) electrons. The van der Waals surface area contributed by atoms with Crippen molar-refractivity contribution < 1.29 is 17.5 Å². The van der Waals surface area contributed by atoms with E-state index in [1.54, 1.807) is 12.1 Å². The Morgan fingerprint density at radius 3 is 2.52 bits per heavy atom. The Morgan fingerprint density at radius 1 is 1.17 bits per heavy atom. The first kappa shape index (κ1) is 16.0. The summed E-state index contributed by atoms with van der Waals surface area (Å²) in [6.07, 6.45) is 0.00772. The number of ether oxygens (including phenoxy) is 1. The summed E-state index contributed by atoms with van der Waals surface area (Å²) in [5, 5.41) is -1.01. The number of aliphatic imine (C=N–C) groups is 1. The molecule has 3 rings (SSSR count). The average molecular weight is 354 g/mol. The minimum Gasteiger partial charge on any atom is -0.472 e. The molecule has 1 aliphatic heterocycles. The lowest BCUT2D eigenvalue weighted by Gasteiger charge is -2.18. The van der Waals surface area contributed by atoms with Crippen LogP contribution in [0.2, 0.25) is 5.02 Å². The molecule has 4 nitrogen and oxygen atoms in total. The monoisotopic (exact) mass is 353 g/mol. The topological polar surface area (TPSA) is 55.7 Å². The third-order valence-electron chi connectivity index (χ3n) is 3.61. The molecule has 0 aliphatic carbocycles. The van der Waals surface area contributed by atoms with Gasteiger partial charge in [-0.05, 0) is 31.2 Å². The zero-order valence-corrected chi connectivity index (χ0v) is 13.7. The fourth-order valence-corrected chi connectivity index (χ4v) is 4.07. The van der Waals surface area contributed by atoms with Crippen molar-refractivity contribution in [1.82, 2.24) is 0 Å². The van der Waals surface area contributed by atoms with E-state index >= 15 is 0 Å². The molecule has 2 atom stereocenters. The van der Waals surface area contributed by atoms with Crippen LogP contribution in [0.4, 0.5) is 4.39 Å². The van der Waals surface area contributed by atoms with E-state index in [1.165, 1.54) is 24.3 Å². The molecule has 2 aromatic carbocycles. The van der Waals surface area contributed by atoms with Crippen molar-refractivity contribution in [2.24, 2.45) is 4.99 Å². The van der Waals surface area contributed by atoms with Crippen LogP contribution in [0.3, 0.4) is 0 Å². The number of hydrogen-bond donors (Lipinski definition) is 0. The van der Waals surface area contributed by atoms with Crippen molar-refractivity contribution in [2.75, 3.05) is 0 Å². The molecule has 0 aromatic heterocycles. The van der Waals surface area contributed by atoms with E-state index in [-0.39, 0.29) is 15.5 Å². The van der Waals surface area contributed by atoms with Gasteiger partial charge in [-0.3, -0.25) is 0 Å². The van der Waals surface area contributed by atoms with E-state index in [1.807, 2.05) is 6.92 Å². The third-order valence-corrected chi connectivity index (χ3v) is 5.78. The van der Waals surface area contributed by atoms with Crippen molar-refractivity contribution in [1.29, 1.82) is 0 Å². The Bertz CT molecular complexity index is 865. The van der Waals surface area contributed by atoms with Crippen LogP contribution in [-0.4, -0.2) is 20.2 Å². The molecule has 0 fully saturated rings. The Balaban J connectivity index is 2.00. The van der Waals surface area contributed by atoms with Crippen LogP contribution >= 0.6 is 11.6 Å². The summed E-state index contributed by atoms with van der Waals surface area (Å²) in [5.41, 5.74) is 1.04. The highest BCUT2D eigenvalue weighted by Gasteiger charge is 2.40. The summed E-state index contributed by atoms with van der Waals surface area (Å²) in [4.78, 5) is 4.01. The van der Waals surface area contributed by atoms with E-state index in [9.17, 15) is 12.8 Å². The van der Waals surface area contributed by atoms with Crippen LogP contribution in [0.25, 0.3) is 0 Å². The normalized spacial score (nSPS) is 20.5. The van der Waals surface area contributed by atoms with Crippen molar-refractivity contribution in [3.63, 3.8) is 0 Å². The van der Waals surface area contributed by atoms with Crippen LogP contribution < -0.4 is 0 Å². The molecule has 0 saturated carbocycles. The lowest BCUT2D eigenvalue weighted by molar-refractivity contribution is 0.221. The van der Waals surface area contributed by atoms with Crippen LogP contribution in [-0.2, 0) is 14.6 Å². The van der Waals surface area contributed by atoms with Gasteiger partial charge in [-0.1, -0.05) is 35.4 Å². The summed E-state index contributed by atoms with van der Waals surface area (Å²) in [5.74, 6) is -0.628. The van der Waals surface area contributed by atoms with E-state index in [0.717, 1.165) is 18.0 Å². The molecule has 1 aliphatic rings. The summed E-state index contributed by atoms with van der Waals surface area (Å²) in [7, 11) is -3.80. The van der Waals surface area contributed by atoms with E-state index < -0.39 is 27.1 Å². The molecule has 0 amide bonds. The first-order valence-electron chi connectivity index (χ1n) is 6.82. The van der Waals surface area contributed by atoms with E-state index in [0.29, 0.717) is 0 Å². The molecule has 0 spiro atoms. The molecule has 0 bridgehead atoms. The van der Waals surface area contributed by atoms with Gasteiger partial charge in [-0.2, -0.15) is 0 Å². The highest BCUT2D eigenvalue weighted by Crippen LogP contribution is 2.35. The zero-order valence-electron chi connectivity index (χ0n) is 12.1. The predicted octanol–water partition coefficient (Wildman–Crippen LogP) is 3.69. The van der Waals surface area contributed by atoms with Gasteiger partial charge in [0.2, 0.25) is 9.84 Å². The molecule has 2 aromatic rings. The summed E-state index contributed by atoms with van der Waals surface area (Å²) in [6, 6.07) is 10.4. The second-order valence-electron chi connectivity index (χ2n) is 5.23. The molecule has 2 unspecified atom stereocenters. The molecular weight excluding hydrogens is 341 g/mol. The average Bonchev–Trinajstić information content (AvgIpc) is 2.97. The number of halogens is 2. The summed E-state index contributed by atoms with van der Waals surface area (Å²) < 4.78 is 44.9. The van der Waals surface area contributed by atoms with Crippen LogP contribution in [0, 0.1) is 12.7 Å². The number of nitrogens with zero attached hydrogens (tertiary/aromatic N) is 1. The summed E-state index contributed by atoms with van der Waals surface area (Å²) >= 11 is 5.73. The van der Waals surface area contributed by atoms with Gasteiger partial charge in [-0.25, -0.2) is 17.8 Å². The highest BCUT2D eigenvalue weighted by atomic mass is 35.5. The molecule has 23 heavy (non-hydrogen) atoms. The molecule has 120 valence electrons. The van der Waals surface area contributed by atoms with Gasteiger partial charge in [0.05, 0.1) is 4.90 Å². The largest absolute Gasteiger partial charge is 0.472 e. The maximum absolute atomic E-state index is 14.1. The molecule has 0 N–H and O–H groups in total. The van der Waals surface area contributed by atoms with Gasteiger partial charge in [0, 0.05) is 10.6 Å². The van der Waals surface area contributed by atoms with Crippen molar-refractivity contribution in [3.05, 3.63) is 64.4 Å². The SMILES string of the molecule is Cc1ccc(S(=O)(=O)C2N=COC2c2ccc(Cl)cc2F)cc1. The highest BCUT2D eigenvalue weighted by molar-refractivity contribution is 7.92. The molecule has 0 saturated heterocycles. The molecule has 1 heterocycles. The fraction of sp³-hybridized carbons (Fsp3) is 0.188. The zero-order chi connectivity index (χ0) is 16.6. The number of rotatable bonds is 3. The first-order valence-corrected chi connectivity index (χ1v) is 8.74. The van der Waals surface area contributed by atoms with E-state index in [4.69, 9.17) is 16.3 Å². The van der Waals surface area contributed by atoms with Gasteiger partial charge in [-0.15, -0.1) is 0 Å². The van der Waals surface area contributed by atoms with Crippen LogP contribution in [0.5, 0.6) is 0 Å². The number of sulfone groups is 1. The first-order chi connectivity index (χ1) is 10.9. The Labute approximate surface area is 138 Å². The van der Waals surface area contributed by atoms with Gasteiger partial charge in [0.1, 0.15) is 5.82 Å². The minimum absolute atomic E-state index is 0.104. The maximum Gasteiger partial charge on any atom is 0.205 e. The minimum atomic E-state index is -3.80. The Hall–Kier alpha value is -1.92. The Morgan fingerprint density at radius 2 is 1.87 bits per heavy atom. The second-order valence-corrected chi connectivity index (χ2v) is 7.71. The van der Waals surface area contributed by atoms with Gasteiger partial charge in [0.15, 0.2) is 17.9 Å². The number of benzene rings is 2. The molecule has 7 heteroatoms. The van der Waals surface area contributed by atoms with Gasteiger partial charge >= 0.3 is 0 Å².